The van der Waals surface area contributed by atoms with E-state index in [1.807, 2.05) is 18.2 Å². The molecule has 4 rings (SSSR count). The highest BCUT2D eigenvalue weighted by molar-refractivity contribution is 7.91. The third kappa shape index (κ3) is 3.62. The summed E-state index contributed by atoms with van der Waals surface area (Å²) >= 11 is 1.66. The maximum Gasteiger partial charge on any atom is 0.254 e. The molecule has 0 saturated carbocycles. The molecule has 146 valence electrons. The van der Waals surface area contributed by atoms with Gasteiger partial charge in [0.2, 0.25) is 0 Å². The number of carbonyl (C=O) groups excluding carboxylic acids is 1. The molecule has 2 aromatic carbocycles. The summed E-state index contributed by atoms with van der Waals surface area (Å²) in [6, 6.07) is 14.4. The third-order valence-electron chi connectivity index (χ3n) is 4.94. The van der Waals surface area contributed by atoms with E-state index >= 15 is 0 Å². The number of anilines is 1. The fraction of sp³-hybridized carbons (Fsp3) is 0.300. The molecule has 0 unspecified atom stereocenters. The monoisotopic (exact) mass is 415 g/mol. The number of fused-ring (bicyclic) bond motifs is 1. The Bertz CT molecular complexity index is 1080. The van der Waals surface area contributed by atoms with Crippen molar-refractivity contribution in [3.8, 4) is 0 Å². The Morgan fingerprint density at radius 3 is 2.54 bits per heavy atom. The molecule has 0 N–H and O–H groups in total. The van der Waals surface area contributed by atoms with Crippen LogP contribution in [0.4, 0.5) is 5.13 Å². The molecule has 28 heavy (non-hydrogen) atoms. The van der Waals surface area contributed by atoms with E-state index in [9.17, 15) is 13.2 Å². The minimum absolute atomic E-state index is 0.0193. The summed E-state index contributed by atoms with van der Waals surface area (Å²) in [7, 11) is -3.33. The maximum atomic E-state index is 12.9. The van der Waals surface area contributed by atoms with Gasteiger partial charge >= 0.3 is 0 Å². The van der Waals surface area contributed by atoms with Gasteiger partial charge < -0.3 is 9.80 Å². The number of carbonyl (C=O) groups is 1. The first kappa shape index (κ1) is 18.9. The highest BCUT2D eigenvalue weighted by Gasteiger charge is 2.24. The lowest BCUT2D eigenvalue weighted by Crippen LogP contribution is -2.48. The van der Waals surface area contributed by atoms with Crippen molar-refractivity contribution in [2.75, 3.05) is 36.8 Å². The van der Waals surface area contributed by atoms with E-state index in [-0.39, 0.29) is 16.6 Å². The average molecular weight is 416 g/mol. The quantitative estimate of drug-likeness (QED) is 0.655. The second-order valence-corrected chi connectivity index (χ2v) is 9.96. The summed E-state index contributed by atoms with van der Waals surface area (Å²) in [6.45, 7) is 4.18. The van der Waals surface area contributed by atoms with Crippen LogP contribution in [0.5, 0.6) is 0 Å². The number of thiazole rings is 1. The molecular formula is C20H21N3O3S2. The van der Waals surface area contributed by atoms with E-state index in [2.05, 4.69) is 16.0 Å². The molecule has 6 nitrogen and oxygen atoms in total. The second-order valence-electron chi connectivity index (χ2n) is 6.67. The third-order valence-corrected chi connectivity index (χ3v) is 7.77. The standard InChI is InChI=1S/C20H21N3O3S2/c1-2-28(25,26)16-7-5-6-15(14-16)19(24)22-10-12-23(13-11-22)20-21-17-8-3-4-9-18(17)27-20/h3-9,14H,2,10-13H2,1H3. The lowest BCUT2D eigenvalue weighted by atomic mass is 10.2. The fourth-order valence-electron chi connectivity index (χ4n) is 3.27. The number of rotatable bonds is 4. The minimum Gasteiger partial charge on any atom is -0.345 e. The van der Waals surface area contributed by atoms with Gasteiger partial charge in [0.25, 0.3) is 5.91 Å². The number of amides is 1. The van der Waals surface area contributed by atoms with Crippen LogP contribution in [0.15, 0.2) is 53.4 Å². The first-order valence-corrected chi connectivity index (χ1v) is 11.7. The molecule has 0 aliphatic carbocycles. The number of aromatic nitrogens is 1. The Morgan fingerprint density at radius 1 is 1.07 bits per heavy atom. The summed E-state index contributed by atoms with van der Waals surface area (Å²) < 4.78 is 25.3. The molecule has 0 spiro atoms. The van der Waals surface area contributed by atoms with Crippen molar-refractivity contribution in [2.24, 2.45) is 0 Å². The number of nitrogens with zero attached hydrogens (tertiary/aromatic N) is 3. The van der Waals surface area contributed by atoms with E-state index in [4.69, 9.17) is 0 Å². The van der Waals surface area contributed by atoms with Gasteiger partial charge in [-0.15, -0.1) is 0 Å². The van der Waals surface area contributed by atoms with E-state index in [0.29, 0.717) is 31.7 Å². The number of benzene rings is 2. The van der Waals surface area contributed by atoms with Crippen molar-refractivity contribution in [3.05, 3.63) is 54.1 Å². The van der Waals surface area contributed by atoms with Gasteiger partial charge in [-0.05, 0) is 30.3 Å². The molecule has 1 aromatic heterocycles. The topological polar surface area (TPSA) is 70.6 Å². The molecule has 3 aromatic rings. The smallest absolute Gasteiger partial charge is 0.254 e. The number of para-hydroxylation sites is 1. The van der Waals surface area contributed by atoms with E-state index in [0.717, 1.165) is 15.3 Å². The van der Waals surface area contributed by atoms with Gasteiger partial charge in [-0.25, -0.2) is 13.4 Å². The van der Waals surface area contributed by atoms with Crippen molar-refractivity contribution < 1.29 is 13.2 Å². The second kappa shape index (κ2) is 7.52. The lowest BCUT2D eigenvalue weighted by molar-refractivity contribution is 0.0746. The zero-order chi connectivity index (χ0) is 19.7. The van der Waals surface area contributed by atoms with E-state index < -0.39 is 9.84 Å². The van der Waals surface area contributed by atoms with Crippen LogP contribution in [0.3, 0.4) is 0 Å². The average Bonchev–Trinajstić information content (AvgIpc) is 3.18. The number of sulfone groups is 1. The molecular weight excluding hydrogens is 394 g/mol. The highest BCUT2D eigenvalue weighted by Crippen LogP contribution is 2.29. The van der Waals surface area contributed by atoms with Gasteiger partial charge in [0.05, 0.1) is 20.9 Å². The summed E-state index contributed by atoms with van der Waals surface area (Å²) in [6.07, 6.45) is 0. The van der Waals surface area contributed by atoms with Gasteiger partial charge in [0, 0.05) is 31.7 Å². The molecule has 1 fully saturated rings. The zero-order valence-corrected chi connectivity index (χ0v) is 17.2. The van der Waals surface area contributed by atoms with Crippen LogP contribution in [0.1, 0.15) is 17.3 Å². The van der Waals surface area contributed by atoms with Crippen molar-refractivity contribution in [3.63, 3.8) is 0 Å². The van der Waals surface area contributed by atoms with Gasteiger partial charge in [0.15, 0.2) is 15.0 Å². The predicted octanol–water partition coefficient (Wildman–Crippen LogP) is 3.05. The molecule has 1 saturated heterocycles. The summed E-state index contributed by atoms with van der Waals surface area (Å²) in [5.74, 6) is -0.108. The Morgan fingerprint density at radius 2 is 1.82 bits per heavy atom. The lowest BCUT2D eigenvalue weighted by Gasteiger charge is -2.34. The van der Waals surface area contributed by atoms with Crippen LogP contribution in [0.2, 0.25) is 0 Å². The van der Waals surface area contributed by atoms with Crippen LogP contribution >= 0.6 is 11.3 Å². The van der Waals surface area contributed by atoms with Crippen LogP contribution in [0.25, 0.3) is 10.2 Å². The molecule has 1 aliphatic rings. The molecule has 1 aliphatic heterocycles. The van der Waals surface area contributed by atoms with Gasteiger partial charge in [-0.2, -0.15) is 0 Å². The Hall–Kier alpha value is -2.45. The summed E-state index contributed by atoms with van der Waals surface area (Å²) in [5.41, 5.74) is 1.41. The summed E-state index contributed by atoms with van der Waals surface area (Å²) in [4.78, 5) is 21.7. The zero-order valence-electron chi connectivity index (χ0n) is 15.5. The molecule has 1 amide bonds. The van der Waals surface area contributed by atoms with E-state index in [1.165, 1.54) is 6.07 Å². The largest absolute Gasteiger partial charge is 0.345 e. The first-order chi connectivity index (χ1) is 13.5. The maximum absolute atomic E-state index is 12.9. The predicted molar refractivity (Wildman–Crippen MR) is 112 cm³/mol. The molecule has 2 heterocycles. The minimum atomic E-state index is -3.33. The fourth-order valence-corrected chi connectivity index (χ4v) is 5.21. The molecule has 8 heteroatoms. The van der Waals surface area contributed by atoms with Crippen molar-refractivity contribution in [2.45, 2.75) is 11.8 Å². The van der Waals surface area contributed by atoms with Crippen molar-refractivity contribution in [1.29, 1.82) is 0 Å². The summed E-state index contributed by atoms with van der Waals surface area (Å²) in [5, 5.41) is 0.976. The Balaban J connectivity index is 1.46. The van der Waals surface area contributed by atoms with Crippen LogP contribution in [0, 0.1) is 0 Å². The van der Waals surface area contributed by atoms with Gasteiger partial charge in [0.1, 0.15) is 0 Å². The van der Waals surface area contributed by atoms with Gasteiger partial charge in [-0.1, -0.05) is 36.5 Å². The molecule has 0 radical (unpaired) electrons. The van der Waals surface area contributed by atoms with Gasteiger partial charge in [-0.3, -0.25) is 4.79 Å². The Labute approximate surface area is 168 Å². The molecule has 0 bridgehead atoms. The number of piperazine rings is 1. The normalized spacial score (nSPS) is 15.2. The number of hydrogen-bond donors (Lipinski definition) is 0. The van der Waals surface area contributed by atoms with Crippen LogP contribution < -0.4 is 4.90 Å². The molecule has 0 atom stereocenters. The highest BCUT2D eigenvalue weighted by atomic mass is 32.2. The number of hydrogen-bond acceptors (Lipinski definition) is 6. The van der Waals surface area contributed by atoms with Crippen molar-refractivity contribution in [1.82, 2.24) is 9.88 Å². The van der Waals surface area contributed by atoms with E-state index in [1.54, 1.807) is 41.4 Å². The van der Waals surface area contributed by atoms with Crippen LogP contribution in [-0.2, 0) is 9.84 Å². The van der Waals surface area contributed by atoms with Crippen LogP contribution in [-0.4, -0.2) is 56.1 Å². The Kier molecular flexibility index (Phi) is 5.07. The van der Waals surface area contributed by atoms with Crippen molar-refractivity contribution >= 4 is 42.4 Å². The first-order valence-electron chi connectivity index (χ1n) is 9.20. The SMILES string of the molecule is CCS(=O)(=O)c1cccc(C(=O)N2CCN(c3nc4ccccc4s3)CC2)c1.